The number of aromatic nitrogens is 4. The third-order valence-electron chi connectivity index (χ3n) is 5.27. The lowest BCUT2D eigenvalue weighted by Crippen LogP contribution is -2.45. The zero-order valence-electron chi connectivity index (χ0n) is 15.6. The van der Waals surface area contributed by atoms with Gasteiger partial charge in [0.2, 0.25) is 0 Å². The second kappa shape index (κ2) is 7.24. The molecule has 0 aromatic carbocycles. The number of piperazine rings is 1. The molecule has 0 N–H and O–H groups in total. The van der Waals surface area contributed by atoms with Gasteiger partial charge in [0.05, 0.1) is 27.9 Å². The lowest BCUT2D eigenvalue weighted by atomic mass is 10.1. The number of hydrogen-bond acceptors (Lipinski definition) is 5. The molecule has 144 valence electrons. The Balaban J connectivity index is 1.30. The Morgan fingerprint density at radius 3 is 2.61 bits per heavy atom. The van der Waals surface area contributed by atoms with Crippen molar-refractivity contribution in [2.24, 2.45) is 7.05 Å². The summed E-state index contributed by atoms with van der Waals surface area (Å²) >= 11 is 7.66. The molecule has 1 fully saturated rings. The van der Waals surface area contributed by atoms with Crippen LogP contribution in [0.2, 0.25) is 4.34 Å². The number of fused-ring (bicyclic) bond motifs is 1. The zero-order valence-corrected chi connectivity index (χ0v) is 17.2. The molecule has 4 aromatic rings. The predicted molar refractivity (Wildman–Crippen MR) is 114 cm³/mol. The van der Waals surface area contributed by atoms with E-state index in [1.165, 1.54) is 11.3 Å². The first-order chi connectivity index (χ1) is 13.7. The molecule has 0 amide bonds. The summed E-state index contributed by atoms with van der Waals surface area (Å²) in [6.07, 6.45) is 7.96. The van der Waals surface area contributed by atoms with E-state index < -0.39 is 0 Å². The Kier molecular flexibility index (Phi) is 4.58. The third-order valence-corrected chi connectivity index (χ3v) is 6.41. The number of anilines is 1. The molecule has 5 rings (SSSR count). The van der Waals surface area contributed by atoms with Crippen molar-refractivity contribution in [2.75, 3.05) is 31.1 Å². The van der Waals surface area contributed by atoms with Crippen molar-refractivity contribution in [3.05, 3.63) is 58.3 Å². The Labute approximate surface area is 172 Å². The van der Waals surface area contributed by atoms with Crippen LogP contribution in [0.3, 0.4) is 0 Å². The minimum absolute atomic E-state index is 0.866. The lowest BCUT2D eigenvalue weighted by Gasteiger charge is -2.35. The van der Waals surface area contributed by atoms with E-state index in [0.717, 1.165) is 53.7 Å². The van der Waals surface area contributed by atoms with E-state index in [4.69, 9.17) is 11.6 Å². The Morgan fingerprint density at radius 1 is 1.04 bits per heavy atom. The van der Waals surface area contributed by atoms with Crippen LogP contribution in [-0.4, -0.2) is 50.5 Å². The fourth-order valence-corrected chi connectivity index (χ4v) is 4.69. The highest BCUT2D eigenvalue weighted by Crippen LogP contribution is 2.27. The van der Waals surface area contributed by atoms with Crippen LogP contribution in [0.15, 0.2) is 48.4 Å². The summed E-state index contributed by atoms with van der Waals surface area (Å²) in [4.78, 5) is 4.92. The number of nitrogens with zero attached hydrogens (tertiary/aromatic N) is 6. The van der Waals surface area contributed by atoms with Gasteiger partial charge in [-0.25, -0.2) is 4.52 Å². The maximum atomic E-state index is 6.05. The quantitative estimate of drug-likeness (QED) is 0.511. The second-order valence-electron chi connectivity index (χ2n) is 7.20. The molecule has 0 atom stereocenters. The van der Waals surface area contributed by atoms with Crippen molar-refractivity contribution in [1.29, 1.82) is 0 Å². The van der Waals surface area contributed by atoms with Gasteiger partial charge >= 0.3 is 0 Å². The molecular weight excluding hydrogens is 392 g/mol. The number of thiophene rings is 1. The molecule has 0 saturated carbocycles. The second-order valence-corrected chi connectivity index (χ2v) is 8.74. The number of halogens is 1. The van der Waals surface area contributed by atoms with Crippen molar-refractivity contribution in [3.8, 4) is 11.1 Å². The first-order valence-electron chi connectivity index (χ1n) is 9.32. The molecule has 1 aliphatic rings. The topological polar surface area (TPSA) is 41.6 Å². The number of pyridine rings is 1. The highest BCUT2D eigenvalue weighted by atomic mass is 35.5. The smallest absolute Gasteiger partial charge is 0.0931 e. The van der Waals surface area contributed by atoms with Crippen LogP contribution < -0.4 is 4.90 Å². The Bertz CT molecular complexity index is 1110. The third kappa shape index (κ3) is 3.41. The van der Waals surface area contributed by atoms with Crippen LogP contribution in [0.4, 0.5) is 5.69 Å². The maximum absolute atomic E-state index is 6.05. The highest BCUT2D eigenvalue weighted by Gasteiger charge is 2.20. The van der Waals surface area contributed by atoms with E-state index in [1.54, 1.807) is 11.3 Å². The van der Waals surface area contributed by atoms with Gasteiger partial charge in [0.25, 0.3) is 0 Å². The molecule has 0 spiro atoms. The van der Waals surface area contributed by atoms with E-state index in [-0.39, 0.29) is 0 Å². The lowest BCUT2D eigenvalue weighted by molar-refractivity contribution is 0.250. The molecular formula is C20H21ClN6S. The summed E-state index contributed by atoms with van der Waals surface area (Å²) in [6.45, 7) is 5.06. The van der Waals surface area contributed by atoms with Gasteiger partial charge in [-0.1, -0.05) is 17.7 Å². The van der Waals surface area contributed by atoms with Crippen LogP contribution in [0.1, 0.15) is 5.56 Å². The van der Waals surface area contributed by atoms with E-state index in [9.17, 15) is 0 Å². The first kappa shape index (κ1) is 17.7. The number of hydrogen-bond donors (Lipinski definition) is 0. The normalized spacial score (nSPS) is 15.6. The van der Waals surface area contributed by atoms with Gasteiger partial charge < -0.3 is 4.90 Å². The minimum atomic E-state index is 0.866. The van der Waals surface area contributed by atoms with Crippen LogP contribution in [-0.2, 0) is 13.6 Å². The monoisotopic (exact) mass is 412 g/mol. The fourth-order valence-electron chi connectivity index (χ4n) is 3.79. The van der Waals surface area contributed by atoms with Gasteiger partial charge in [-0.05, 0) is 23.1 Å². The van der Waals surface area contributed by atoms with Crippen molar-refractivity contribution < 1.29 is 0 Å². The summed E-state index contributed by atoms with van der Waals surface area (Å²) in [5.74, 6) is 0. The van der Waals surface area contributed by atoms with E-state index >= 15 is 0 Å². The molecule has 6 nitrogen and oxygen atoms in total. The summed E-state index contributed by atoms with van der Waals surface area (Å²) in [7, 11) is 1.93. The predicted octanol–water partition coefficient (Wildman–Crippen LogP) is 3.77. The maximum Gasteiger partial charge on any atom is 0.0931 e. The molecule has 0 aliphatic carbocycles. The van der Waals surface area contributed by atoms with Gasteiger partial charge in [0.15, 0.2) is 0 Å². The average Bonchev–Trinajstić information content (AvgIpc) is 3.42. The molecule has 8 heteroatoms. The standard InChI is InChI=1S/C20H21ClN6S/c1-24-12-17(9-22-24)16-2-3-18-19(10-23-27(18)13-16)26-6-4-25(5-7-26)11-15-8-20(21)28-14-15/h2-3,8-10,12-14H,4-7,11H2,1H3. The van der Waals surface area contributed by atoms with Gasteiger partial charge in [-0.15, -0.1) is 11.3 Å². The molecule has 5 heterocycles. The Hall–Kier alpha value is -2.35. The van der Waals surface area contributed by atoms with Gasteiger partial charge in [0, 0.05) is 63.3 Å². The van der Waals surface area contributed by atoms with Crippen LogP contribution in [0.25, 0.3) is 16.6 Å². The molecule has 28 heavy (non-hydrogen) atoms. The SMILES string of the molecule is Cn1cc(-c2ccc3c(N4CCN(Cc5csc(Cl)c5)CC4)cnn3c2)cn1. The van der Waals surface area contributed by atoms with Crippen molar-refractivity contribution in [3.63, 3.8) is 0 Å². The van der Waals surface area contributed by atoms with Crippen molar-refractivity contribution in [1.82, 2.24) is 24.3 Å². The molecule has 1 saturated heterocycles. The number of rotatable bonds is 4. The molecule has 0 bridgehead atoms. The van der Waals surface area contributed by atoms with Crippen LogP contribution >= 0.6 is 22.9 Å². The fraction of sp³-hybridized carbons (Fsp3) is 0.300. The molecule has 4 aromatic heterocycles. The van der Waals surface area contributed by atoms with Gasteiger partial charge in [-0.3, -0.25) is 9.58 Å². The zero-order chi connectivity index (χ0) is 19.1. The molecule has 0 unspecified atom stereocenters. The van der Waals surface area contributed by atoms with E-state index in [2.05, 4.69) is 49.8 Å². The Morgan fingerprint density at radius 2 is 1.89 bits per heavy atom. The summed E-state index contributed by atoms with van der Waals surface area (Å²) in [5, 5.41) is 11.0. The highest BCUT2D eigenvalue weighted by molar-refractivity contribution is 7.14. The van der Waals surface area contributed by atoms with E-state index in [0.29, 0.717) is 0 Å². The van der Waals surface area contributed by atoms with Crippen LogP contribution in [0.5, 0.6) is 0 Å². The molecule has 1 aliphatic heterocycles. The van der Waals surface area contributed by atoms with Crippen molar-refractivity contribution >= 4 is 34.1 Å². The van der Waals surface area contributed by atoms with Gasteiger partial charge in [0.1, 0.15) is 0 Å². The van der Waals surface area contributed by atoms with Crippen LogP contribution in [0, 0.1) is 0 Å². The largest absolute Gasteiger partial charge is 0.366 e. The average molecular weight is 413 g/mol. The summed E-state index contributed by atoms with van der Waals surface area (Å²) < 4.78 is 4.65. The van der Waals surface area contributed by atoms with E-state index in [1.807, 2.05) is 34.8 Å². The first-order valence-corrected chi connectivity index (χ1v) is 10.6. The van der Waals surface area contributed by atoms with Crippen molar-refractivity contribution in [2.45, 2.75) is 6.54 Å². The minimum Gasteiger partial charge on any atom is -0.366 e. The summed E-state index contributed by atoms with van der Waals surface area (Å²) in [5.41, 5.74) is 5.88. The number of aryl methyl sites for hydroxylation is 1. The van der Waals surface area contributed by atoms with Gasteiger partial charge in [-0.2, -0.15) is 10.2 Å². The summed E-state index contributed by atoms with van der Waals surface area (Å²) in [6, 6.07) is 6.38. The molecule has 0 radical (unpaired) electrons.